The lowest BCUT2D eigenvalue weighted by atomic mass is 9.99. The van der Waals surface area contributed by atoms with Crippen LogP contribution in [0, 0.1) is 5.92 Å². The summed E-state index contributed by atoms with van der Waals surface area (Å²) < 4.78 is 5.58. The van der Waals surface area contributed by atoms with Gasteiger partial charge in [-0.05, 0) is 25.2 Å². The average Bonchev–Trinajstić information content (AvgIpc) is 2.41. The fraction of sp³-hybridized carbons (Fsp3) is 0.765. The van der Waals surface area contributed by atoms with E-state index in [0.717, 1.165) is 19.3 Å². The summed E-state index contributed by atoms with van der Waals surface area (Å²) in [6, 6.07) is 0. The molecule has 0 saturated carbocycles. The maximum atomic E-state index is 12.4. The van der Waals surface area contributed by atoms with Crippen molar-refractivity contribution in [1.29, 1.82) is 0 Å². The molecule has 0 bridgehead atoms. The van der Waals surface area contributed by atoms with Crippen LogP contribution < -0.4 is 0 Å². The van der Waals surface area contributed by atoms with E-state index < -0.39 is 11.9 Å². The number of aliphatic carboxylic acids is 1. The maximum Gasteiger partial charge on any atom is 0.334 e. The third kappa shape index (κ3) is 6.78. The number of carboxylic acids is 1. The lowest BCUT2D eigenvalue weighted by molar-refractivity contribution is -0.147. The minimum Gasteiger partial charge on any atom is -0.478 e. The van der Waals surface area contributed by atoms with Gasteiger partial charge in [0, 0.05) is 11.1 Å². The van der Waals surface area contributed by atoms with Crippen LogP contribution in [0.5, 0.6) is 0 Å². The zero-order valence-electron chi connectivity index (χ0n) is 14.1. The molecular formula is C17H30O4. The van der Waals surface area contributed by atoms with Gasteiger partial charge in [0.05, 0.1) is 0 Å². The summed E-state index contributed by atoms with van der Waals surface area (Å²) in [7, 11) is 0. The Bertz CT molecular complexity index is 369. The average molecular weight is 298 g/mol. The number of esters is 1. The van der Waals surface area contributed by atoms with Crippen molar-refractivity contribution in [2.45, 2.75) is 79.2 Å². The SMILES string of the molecule is CCC/C(C(=O)O)=C(\CCC)C(=O)OC(CCC)C(C)C. The predicted molar refractivity (Wildman–Crippen MR) is 84.1 cm³/mol. The molecule has 1 unspecified atom stereocenters. The van der Waals surface area contributed by atoms with Gasteiger partial charge in [0.25, 0.3) is 0 Å². The van der Waals surface area contributed by atoms with E-state index in [-0.39, 0.29) is 17.6 Å². The lowest BCUT2D eigenvalue weighted by Crippen LogP contribution is -2.25. The van der Waals surface area contributed by atoms with E-state index in [2.05, 4.69) is 0 Å². The summed E-state index contributed by atoms with van der Waals surface area (Å²) in [6.07, 6.45) is 3.88. The van der Waals surface area contributed by atoms with Gasteiger partial charge in [0.1, 0.15) is 6.10 Å². The minimum atomic E-state index is -1.01. The molecule has 4 nitrogen and oxygen atoms in total. The first-order valence-corrected chi connectivity index (χ1v) is 8.05. The second kappa shape index (κ2) is 10.4. The number of hydrogen-bond donors (Lipinski definition) is 1. The zero-order chi connectivity index (χ0) is 16.4. The molecule has 0 fully saturated rings. The van der Waals surface area contributed by atoms with Crippen molar-refractivity contribution < 1.29 is 19.4 Å². The Labute approximate surface area is 128 Å². The monoisotopic (exact) mass is 298 g/mol. The van der Waals surface area contributed by atoms with E-state index in [1.807, 2.05) is 34.6 Å². The van der Waals surface area contributed by atoms with Crippen LogP contribution in [-0.2, 0) is 14.3 Å². The van der Waals surface area contributed by atoms with Crippen LogP contribution in [0.3, 0.4) is 0 Å². The number of carbonyl (C=O) groups is 2. The smallest absolute Gasteiger partial charge is 0.334 e. The predicted octanol–water partition coefficient (Wildman–Crippen LogP) is 4.34. The first kappa shape index (κ1) is 19.7. The van der Waals surface area contributed by atoms with Gasteiger partial charge in [0.15, 0.2) is 0 Å². The third-order valence-electron chi connectivity index (χ3n) is 3.44. The molecule has 4 heteroatoms. The Balaban J connectivity index is 5.30. The Morgan fingerprint density at radius 1 is 0.952 bits per heavy atom. The third-order valence-corrected chi connectivity index (χ3v) is 3.44. The van der Waals surface area contributed by atoms with Crippen molar-refractivity contribution in [3.8, 4) is 0 Å². The number of rotatable bonds is 10. The fourth-order valence-corrected chi connectivity index (χ4v) is 2.28. The molecular weight excluding hydrogens is 268 g/mol. The van der Waals surface area contributed by atoms with Gasteiger partial charge < -0.3 is 9.84 Å². The van der Waals surface area contributed by atoms with Crippen molar-refractivity contribution in [2.75, 3.05) is 0 Å². The normalized spacial score (nSPS) is 13.8. The highest BCUT2D eigenvalue weighted by atomic mass is 16.5. The van der Waals surface area contributed by atoms with Gasteiger partial charge >= 0.3 is 11.9 Å². The number of hydrogen-bond acceptors (Lipinski definition) is 3. The van der Waals surface area contributed by atoms with Crippen molar-refractivity contribution >= 4 is 11.9 Å². The van der Waals surface area contributed by atoms with Crippen LogP contribution in [0.15, 0.2) is 11.1 Å². The second-order valence-electron chi connectivity index (χ2n) is 5.74. The molecule has 0 aromatic carbocycles. The molecule has 1 atom stereocenters. The molecule has 0 aromatic rings. The molecule has 0 radical (unpaired) electrons. The van der Waals surface area contributed by atoms with Crippen molar-refractivity contribution in [1.82, 2.24) is 0 Å². The summed E-state index contributed by atoms with van der Waals surface area (Å²) in [6.45, 7) is 9.92. The van der Waals surface area contributed by atoms with E-state index in [1.165, 1.54) is 0 Å². The highest BCUT2D eigenvalue weighted by molar-refractivity contribution is 5.99. The molecule has 0 saturated heterocycles. The minimum absolute atomic E-state index is 0.147. The van der Waals surface area contributed by atoms with E-state index in [4.69, 9.17) is 4.74 Å². The standard InChI is InChI=1S/C17H30O4/c1-6-9-13(16(18)19)14(10-7-2)17(20)21-15(11-8-3)12(4)5/h12,15H,6-11H2,1-5H3,(H,18,19)/b14-13-. The topological polar surface area (TPSA) is 63.6 Å². The van der Waals surface area contributed by atoms with E-state index >= 15 is 0 Å². The fourth-order valence-electron chi connectivity index (χ4n) is 2.28. The van der Waals surface area contributed by atoms with Crippen LogP contribution in [0.2, 0.25) is 0 Å². The maximum absolute atomic E-state index is 12.4. The molecule has 0 aliphatic rings. The molecule has 0 aliphatic carbocycles. The second-order valence-corrected chi connectivity index (χ2v) is 5.74. The summed E-state index contributed by atoms with van der Waals surface area (Å²) in [5, 5.41) is 9.33. The summed E-state index contributed by atoms with van der Waals surface area (Å²) in [5.74, 6) is -1.22. The van der Waals surface area contributed by atoms with Gasteiger partial charge in [-0.15, -0.1) is 0 Å². The molecule has 0 amide bonds. The molecule has 21 heavy (non-hydrogen) atoms. The summed E-state index contributed by atoms with van der Waals surface area (Å²) in [5.41, 5.74) is 0.553. The molecule has 0 aromatic heterocycles. The Kier molecular flexibility index (Phi) is 9.76. The van der Waals surface area contributed by atoms with Crippen molar-refractivity contribution in [2.24, 2.45) is 5.92 Å². The van der Waals surface area contributed by atoms with E-state index in [1.54, 1.807) is 0 Å². The lowest BCUT2D eigenvalue weighted by Gasteiger charge is -2.22. The highest BCUT2D eigenvalue weighted by Crippen LogP contribution is 2.21. The summed E-state index contributed by atoms with van der Waals surface area (Å²) >= 11 is 0. The van der Waals surface area contributed by atoms with Gasteiger partial charge in [-0.2, -0.15) is 0 Å². The molecule has 0 rings (SSSR count). The van der Waals surface area contributed by atoms with Gasteiger partial charge in [-0.3, -0.25) is 0 Å². The number of carbonyl (C=O) groups excluding carboxylic acids is 1. The van der Waals surface area contributed by atoms with E-state index in [9.17, 15) is 14.7 Å². The van der Waals surface area contributed by atoms with Crippen LogP contribution in [0.25, 0.3) is 0 Å². The molecule has 0 aliphatic heterocycles. The van der Waals surface area contributed by atoms with Gasteiger partial charge in [-0.1, -0.05) is 53.9 Å². The highest BCUT2D eigenvalue weighted by Gasteiger charge is 2.24. The molecule has 0 spiro atoms. The Hall–Kier alpha value is -1.32. The molecule has 122 valence electrons. The van der Waals surface area contributed by atoms with Crippen LogP contribution in [0.4, 0.5) is 0 Å². The number of ether oxygens (including phenoxy) is 1. The zero-order valence-corrected chi connectivity index (χ0v) is 14.1. The van der Waals surface area contributed by atoms with Gasteiger partial charge in [0.2, 0.25) is 0 Å². The van der Waals surface area contributed by atoms with Crippen molar-refractivity contribution in [3.63, 3.8) is 0 Å². The van der Waals surface area contributed by atoms with Crippen LogP contribution in [-0.4, -0.2) is 23.1 Å². The first-order valence-electron chi connectivity index (χ1n) is 8.05. The molecule has 0 heterocycles. The van der Waals surface area contributed by atoms with Crippen LogP contribution >= 0.6 is 0 Å². The quantitative estimate of drug-likeness (QED) is 0.481. The summed E-state index contributed by atoms with van der Waals surface area (Å²) in [4.78, 5) is 23.8. The Morgan fingerprint density at radius 2 is 1.48 bits per heavy atom. The van der Waals surface area contributed by atoms with Crippen molar-refractivity contribution in [3.05, 3.63) is 11.1 Å². The largest absolute Gasteiger partial charge is 0.478 e. The Morgan fingerprint density at radius 3 is 1.86 bits per heavy atom. The molecule has 1 N–H and O–H groups in total. The number of carboxylic acid groups (broad SMARTS) is 1. The van der Waals surface area contributed by atoms with Gasteiger partial charge in [-0.25, -0.2) is 9.59 Å². The van der Waals surface area contributed by atoms with E-state index in [0.29, 0.717) is 24.8 Å². The van der Waals surface area contributed by atoms with Crippen LogP contribution in [0.1, 0.15) is 73.1 Å². The first-order chi connectivity index (χ1) is 9.88.